The molecule has 3 nitrogen and oxygen atoms in total. The lowest BCUT2D eigenvalue weighted by molar-refractivity contribution is -0.119. The molecule has 7 atom stereocenters. The van der Waals surface area contributed by atoms with Crippen molar-refractivity contribution in [3.8, 4) is 0 Å². The van der Waals surface area contributed by atoms with Gasteiger partial charge in [0.25, 0.3) is 0 Å². The van der Waals surface area contributed by atoms with E-state index in [0.717, 1.165) is 43.8 Å². The Balaban J connectivity index is 1.28. The number of carbonyl (C=O) groups excluding carboxylic acids is 1. The van der Waals surface area contributed by atoms with Crippen molar-refractivity contribution in [1.29, 1.82) is 0 Å². The first-order valence-electron chi connectivity index (χ1n) is 13.0. The maximum absolute atomic E-state index is 12.3. The van der Waals surface area contributed by atoms with Gasteiger partial charge in [-0.05, 0) is 96.5 Å². The number of ether oxygens (including phenoxy) is 1. The van der Waals surface area contributed by atoms with Crippen molar-refractivity contribution in [3.05, 3.63) is 47.2 Å². The van der Waals surface area contributed by atoms with Crippen LogP contribution in [0.4, 0.5) is 0 Å². The molecule has 32 heavy (non-hydrogen) atoms. The number of ketones is 1. The Hall–Kier alpha value is -1.61. The van der Waals surface area contributed by atoms with E-state index >= 15 is 0 Å². The average Bonchev–Trinajstić information content (AvgIpc) is 3.15. The van der Waals surface area contributed by atoms with E-state index in [1.165, 1.54) is 43.2 Å². The van der Waals surface area contributed by atoms with Crippen LogP contribution in [0.25, 0.3) is 0 Å². The fraction of sp³-hybridized carbons (Fsp3) is 0.690. The third kappa shape index (κ3) is 3.47. The summed E-state index contributed by atoms with van der Waals surface area (Å²) in [4.78, 5) is 12.3. The molecular formula is C29H41NO2. The lowest BCUT2D eigenvalue weighted by Crippen LogP contribution is -2.52. The van der Waals surface area contributed by atoms with Gasteiger partial charge in [-0.2, -0.15) is 0 Å². The van der Waals surface area contributed by atoms with Gasteiger partial charge in [0.2, 0.25) is 0 Å². The van der Waals surface area contributed by atoms with Crippen molar-refractivity contribution in [1.82, 2.24) is 0 Å². The second-order valence-corrected chi connectivity index (χ2v) is 11.9. The second kappa shape index (κ2) is 8.31. The van der Waals surface area contributed by atoms with Crippen molar-refractivity contribution in [2.24, 2.45) is 46.2 Å². The minimum atomic E-state index is 0.157. The van der Waals surface area contributed by atoms with Crippen LogP contribution in [-0.2, 0) is 16.1 Å². The first-order valence-corrected chi connectivity index (χ1v) is 13.0. The molecule has 4 aliphatic carbocycles. The molecule has 174 valence electrons. The number of carbonyl (C=O) groups is 1. The second-order valence-electron chi connectivity index (χ2n) is 11.9. The van der Waals surface area contributed by atoms with E-state index in [2.05, 4.69) is 51.1 Å². The predicted octanol–water partition coefficient (Wildman–Crippen LogP) is 6.27. The number of hydrogen-bond acceptors (Lipinski definition) is 3. The zero-order valence-corrected chi connectivity index (χ0v) is 20.2. The number of rotatable bonds is 5. The smallest absolute Gasteiger partial charge is 0.178 e. The van der Waals surface area contributed by atoms with Gasteiger partial charge in [-0.25, -0.2) is 0 Å². The van der Waals surface area contributed by atoms with Crippen LogP contribution in [0.15, 0.2) is 41.6 Å². The molecule has 0 radical (unpaired) electrons. The van der Waals surface area contributed by atoms with Crippen LogP contribution in [0.1, 0.15) is 77.7 Å². The molecule has 3 fully saturated rings. The van der Waals surface area contributed by atoms with Crippen molar-refractivity contribution < 1.29 is 9.53 Å². The van der Waals surface area contributed by atoms with E-state index in [1.807, 2.05) is 0 Å². The van der Waals surface area contributed by atoms with Gasteiger partial charge in [0, 0.05) is 13.0 Å². The first kappa shape index (κ1) is 22.2. The predicted molar refractivity (Wildman–Crippen MR) is 129 cm³/mol. The van der Waals surface area contributed by atoms with Crippen LogP contribution in [0.5, 0.6) is 0 Å². The highest BCUT2D eigenvalue weighted by atomic mass is 16.5. The lowest BCUT2D eigenvalue weighted by Gasteiger charge is -2.58. The summed E-state index contributed by atoms with van der Waals surface area (Å²) in [6, 6.07) is 10.5. The molecule has 0 spiro atoms. The molecular weight excluding hydrogens is 394 g/mol. The summed E-state index contributed by atoms with van der Waals surface area (Å²) < 4.78 is 6.18. The van der Waals surface area contributed by atoms with Crippen LogP contribution in [-0.4, -0.2) is 12.4 Å². The Morgan fingerprint density at radius 3 is 2.59 bits per heavy atom. The number of nitrogens with two attached hydrogens (primary N) is 1. The quantitative estimate of drug-likeness (QED) is 0.593. The van der Waals surface area contributed by atoms with Crippen LogP contribution < -0.4 is 5.73 Å². The Morgan fingerprint density at radius 2 is 1.81 bits per heavy atom. The number of fused-ring (bicyclic) bond motifs is 5. The molecule has 2 N–H and O–H groups in total. The van der Waals surface area contributed by atoms with Crippen LogP contribution in [0, 0.1) is 40.4 Å². The minimum absolute atomic E-state index is 0.157. The number of allylic oxidation sites excluding steroid dienone is 1. The van der Waals surface area contributed by atoms with Gasteiger partial charge in [0.1, 0.15) is 0 Å². The standard InChI is InChI=1S/C29H41NO2/c1-19(17-32-18-20-7-5-4-6-8-20)22-11-12-23-21-9-10-25-27(30)26(31)14-16-29(25,3)24(21)13-15-28(22,23)2/h4-8,19,21-24H,9-18,30H2,1-3H3/t19-,21-,22+,23-,24-,28+,29+/m0/s1. The molecule has 0 amide bonds. The third-order valence-electron chi connectivity index (χ3n) is 10.4. The summed E-state index contributed by atoms with van der Waals surface area (Å²) in [6.07, 6.45) is 9.28. The molecule has 3 saturated carbocycles. The van der Waals surface area contributed by atoms with E-state index in [0.29, 0.717) is 29.4 Å². The van der Waals surface area contributed by atoms with Crippen LogP contribution in [0.2, 0.25) is 0 Å². The first-order chi connectivity index (χ1) is 15.3. The van der Waals surface area contributed by atoms with E-state index < -0.39 is 0 Å². The van der Waals surface area contributed by atoms with Crippen LogP contribution >= 0.6 is 0 Å². The van der Waals surface area contributed by atoms with E-state index in [1.54, 1.807) is 0 Å². The van der Waals surface area contributed by atoms with E-state index in [-0.39, 0.29) is 11.2 Å². The van der Waals surface area contributed by atoms with Crippen molar-refractivity contribution in [3.63, 3.8) is 0 Å². The van der Waals surface area contributed by atoms with Gasteiger partial charge < -0.3 is 10.5 Å². The summed E-state index contributed by atoms with van der Waals surface area (Å²) in [5.41, 5.74) is 10.1. The summed E-state index contributed by atoms with van der Waals surface area (Å²) in [7, 11) is 0. The zero-order chi connectivity index (χ0) is 22.5. The molecule has 5 rings (SSSR count). The van der Waals surface area contributed by atoms with Gasteiger partial charge >= 0.3 is 0 Å². The summed E-state index contributed by atoms with van der Waals surface area (Å²) >= 11 is 0. The molecule has 4 aliphatic rings. The molecule has 1 aromatic rings. The Kier molecular flexibility index (Phi) is 5.76. The van der Waals surface area contributed by atoms with E-state index in [9.17, 15) is 4.79 Å². The van der Waals surface area contributed by atoms with Gasteiger partial charge in [-0.3, -0.25) is 4.79 Å². The number of benzene rings is 1. The average molecular weight is 436 g/mol. The third-order valence-corrected chi connectivity index (χ3v) is 10.4. The molecule has 0 saturated heterocycles. The molecule has 3 heteroatoms. The van der Waals surface area contributed by atoms with Gasteiger partial charge in [-0.1, -0.05) is 51.1 Å². The molecule has 0 aliphatic heterocycles. The van der Waals surface area contributed by atoms with Gasteiger partial charge in [-0.15, -0.1) is 0 Å². The summed E-state index contributed by atoms with van der Waals surface area (Å²) in [5, 5.41) is 0. The highest BCUT2D eigenvalue weighted by molar-refractivity contribution is 5.96. The van der Waals surface area contributed by atoms with E-state index in [4.69, 9.17) is 10.5 Å². The number of Topliss-reactive ketones (excluding diaryl/α,β-unsaturated/α-hetero) is 1. The fourth-order valence-corrected chi connectivity index (χ4v) is 8.78. The van der Waals surface area contributed by atoms with Crippen LogP contribution in [0.3, 0.4) is 0 Å². The lowest BCUT2D eigenvalue weighted by atomic mass is 9.46. The SMILES string of the molecule is C[C@@H](COCc1ccccc1)[C@H]1CC[C@H]2[C@@H]3CCC4=C(N)C(=O)CC[C@]4(C)[C@H]3CC[C@]12C. The molecule has 1 aromatic carbocycles. The maximum Gasteiger partial charge on any atom is 0.178 e. The number of hydrogen-bond donors (Lipinski definition) is 1. The Labute approximate surface area is 194 Å². The maximum atomic E-state index is 12.3. The molecule has 0 aromatic heterocycles. The summed E-state index contributed by atoms with van der Waals surface area (Å²) in [6.45, 7) is 9.04. The zero-order valence-electron chi connectivity index (χ0n) is 20.2. The molecule has 0 heterocycles. The fourth-order valence-electron chi connectivity index (χ4n) is 8.78. The highest BCUT2D eigenvalue weighted by Gasteiger charge is 2.60. The normalized spacial score (nSPS) is 39.9. The summed E-state index contributed by atoms with van der Waals surface area (Å²) in [5.74, 6) is 3.88. The van der Waals surface area contributed by atoms with Gasteiger partial charge in [0.05, 0.1) is 12.3 Å². The Bertz CT molecular complexity index is 892. The highest BCUT2D eigenvalue weighted by Crippen LogP contribution is 2.67. The monoisotopic (exact) mass is 435 g/mol. The molecule has 0 bridgehead atoms. The van der Waals surface area contributed by atoms with Crippen molar-refractivity contribution >= 4 is 5.78 Å². The Morgan fingerprint density at radius 1 is 1.03 bits per heavy atom. The largest absolute Gasteiger partial charge is 0.396 e. The molecule has 0 unspecified atom stereocenters. The van der Waals surface area contributed by atoms with Crippen molar-refractivity contribution in [2.45, 2.75) is 78.7 Å². The van der Waals surface area contributed by atoms with Crippen molar-refractivity contribution in [2.75, 3.05) is 6.61 Å². The minimum Gasteiger partial charge on any atom is -0.396 e. The topological polar surface area (TPSA) is 52.3 Å². The van der Waals surface area contributed by atoms with Gasteiger partial charge in [0.15, 0.2) is 5.78 Å².